The van der Waals surface area contributed by atoms with Crippen LogP contribution in [-0.2, 0) is 19.1 Å². The molecule has 0 aromatic heterocycles. The largest absolute Gasteiger partial charge is 0.465 e. The van der Waals surface area contributed by atoms with Crippen LogP contribution in [0.15, 0.2) is 24.3 Å². The van der Waals surface area contributed by atoms with E-state index in [1.165, 1.54) is 12.0 Å². The van der Waals surface area contributed by atoms with Crippen molar-refractivity contribution in [3.05, 3.63) is 29.8 Å². The van der Waals surface area contributed by atoms with Gasteiger partial charge in [-0.2, -0.15) is 0 Å². The Labute approximate surface area is 133 Å². The van der Waals surface area contributed by atoms with Gasteiger partial charge in [0.2, 0.25) is 17.7 Å². The molecule has 1 aliphatic rings. The number of ether oxygens (including phenoxy) is 1. The molecule has 0 spiro atoms. The van der Waals surface area contributed by atoms with E-state index in [1.807, 2.05) is 0 Å². The van der Waals surface area contributed by atoms with Gasteiger partial charge >= 0.3 is 5.97 Å². The van der Waals surface area contributed by atoms with Gasteiger partial charge in [-0.25, -0.2) is 4.79 Å². The van der Waals surface area contributed by atoms with Crippen molar-refractivity contribution in [2.75, 3.05) is 19.0 Å². The molecule has 0 unspecified atom stereocenters. The summed E-state index contributed by atoms with van der Waals surface area (Å²) in [7, 11) is 1.30. The van der Waals surface area contributed by atoms with Crippen LogP contribution in [0.2, 0.25) is 0 Å². The highest BCUT2D eigenvalue weighted by molar-refractivity contribution is 6.02. The number of esters is 1. The zero-order valence-corrected chi connectivity index (χ0v) is 12.8. The number of carbonyl (C=O) groups excluding carboxylic acids is 4. The van der Waals surface area contributed by atoms with Crippen LogP contribution in [0.4, 0.5) is 5.69 Å². The maximum Gasteiger partial charge on any atom is 0.337 e. The molecule has 0 bridgehead atoms. The highest BCUT2D eigenvalue weighted by atomic mass is 16.5. The molecule has 1 aliphatic heterocycles. The molecular formula is C16H18N2O5. The first-order chi connectivity index (χ1) is 11.0. The Morgan fingerprint density at radius 3 is 2.30 bits per heavy atom. The summed E-state index contributed by atoms with van der Waals surface area (Å²) in [6.07, 6.45) is 1.15. The molecule has 1 aromatic rings. The first-order valence-corrected chi connectivity index (χ1v) is 7.32. The van der Waals surface area contributed by atoms with Gasteiger partial charge in [0.25, 0.3) is 0 Å². The number of nitrogens with zero attached hydrogens (tertiary/aromatic N) is 1. The van der Waals surface area contributed by atoms with Gasteiger partial charge in [0, 0.05) is 31.5 Å². The first-order valence-electron chi connectivity index (χ1n) is 7.32. The maximum atomic E-state index is 11.8. The smallest absolute Gasteiger partial charge is 0.337 e. The van der Waals surface area contributed by atoms with Crippen LogP contribution in [0, 0.1) is 0 Å². The Morgan fingerprint density at radius 1 is 1.13 bits per heavy atom. The zero-order valence-electron chi connectivity index (χ0n) is 12.8. The van der Waals surface area contributed by atoms with E-state index in [4.69, 9.17) is 0 Å². The number of rotatable bonds is 6. The van der Waals surface area contributed by atoms with Gasteiger partial charge in [-0.05, 0) is 30.7 Å². The van der Waals surface area contributed by atoms with E-state index in [0.717, 1.165) is 0 Å². The van der Waals surface area contributed by atoms with Gasteiger partial charge in [-0.3, -0.25) is 19.3 Å². The van der Waals surface area contributed by atoms with Crippen LogP contribution in [-0.4, -0.2) is 42.2 Å². The molecule has 1 N–H and O–H groups in total. The van der Waals surface area contributed by atoms with Crippen LogP contribution in [0.25, 0.3) is 0 Å². The Morgan fingerprint density at radius 2 is 1.74 bits per heavy atom. The highest BCUT2D eigenvalue weighted by Gasteiger charge is 2.28. The van der Waals surface area contributed by atoms with Crippen molar-refractivity contribution in [3.63, 3.8) is 0 Å². The van der Waals surface area contributed by atoms with Crippen molar-refractivity contribution in [3.8, 4) is 0 Å². The minimum Gasteiger partial charge on any atom is -0.465 e. The van der Waals surface area contributed by atoms with Gasteiger partial charge < -0.3 is 10.1 Å². The summed E-state index contributed by atoms with van der Waals surface area (Å²) in [5, 5.41) is 2.69. The van der Waals surface area contributed by atoms with E-state index in [1.54, 1.807) is 24.3 Å². The van der Waals surface area contributed by atoms with Gasteiger partial charge in [-0.1, -0.05) is 0 Å². The number of benzene rings is 1. The third-order valence-corrected chi connectivity index (χ3v) is 3.53. The molecule has 1 saturated heterocycles. The first kappa shape index (κ1) is 16.7. The van der Waals surface area contributed by atoms with Crippen molar-refractivity contribution in [2.45, 2.75) is 25.7 Å². The van der Waals surface area contributed by atoms with Crippen LogP contribution in [0.3, 0.4) is 0 Å². The summed E-state index contributed by atoms with van der Waals surface area (Å²) in [6, 6.07) is 6.33. The number of methoxy groups -OCH3 is 1. The van der Waals surface area contributed by atoms with Crippen molar-refractivity contribution in [2.24, 2.45) is 0 Å². The highest BCUT2D eigenvalue weighted by Crippen LogP contribution is 2.14. The van der Waals surface area contributed by atoms with Crippen LogP contribution in [0.5, 0.6) is 0 Å². The van der Waals surface area contributed by atoms with Crippen LogP contribution in [0.1, 0.15) is 36.0 Å². The molecule has 23 heavy (non-hydrogen) atoms. The third kappa shape index (κ3) is 4.38. The average molecular weight is 318 g/mol. The predicted molar refractivity (Wildman–Crippen MR) is 81.6 cm³/mol. The van der Waals surface area contributed by atoms with E-state index in [2.05, 4.69) is 10.1 Å². The zero-order chi connectivity index (χ0) is 16.8. The number of anilines is 1. The average Bonchev–Trinajstić information content (AvgIpc) is 2.86. The molecule has 7 nitrogen and oxygen atoms in total. The van der Waals surface area contributed by atoms with Crippen molar-refractivity contribution < 1.29 is 23.9 Å². The fraction of sp³-hybridized carbons (Fsp3) is 0.375. The summed E-state index contributed by atoms with van der Waals surface area (Å²) in [6.45, 7) is 0.270. The van der Waals surface area contributed by atoms with E-state index in [-0.39, 0.29) is 43.5 Å². The van der Waals surface area contributed by atoms with Crippen molar-refractivity contribution in [1.82, 2.24) is 4.90 Å². The molecule has 122 valence electrons. The lowest BCUT2D eigenvalue weighted by molar-refractivity contribution is -0.138. The molecular weight excluding hydrogens is 300 g/mol. The number of carbonyl (C=O) groups is 4. The summed E-state index contributed by atoms with van der Waals surface area (Å²) in [4.78, 5) is 47.2. The maximum absolute atomic E-state index is 11.8. The summed E-state index contributed by atoms with van der Waals surface area (Å²) >= 11 is 0. The minimum absolute atomic E-state index is 0.172. The lowest BCUT2D eigenvalue weighted by atomic mass is 10.2. The third-order valence-electron chi connectivity index (χ3n) is 3.53. The predicted octanol–water partition coefficient (Wildman–Crippen LogP) is 1.34. The van der Waals surface area contributed by atoms with Crippen molar-refractivity contribution in [1.29, 1.82) is 0 Å². The summed E-state index contributed by atoms with van der Waals surface area (Å²) in [5.41, 5.74) is 0.965. The molecule has 2 rings (SSSR count). The van der Waals surface area contributed by atoms with E-state index >= 15 is 0 Å². The topological polar surface area (TPSA) is 92.8 Å². The van der Waals surface area contributed by atoms with E-state index in [0.29, 0.717) is 17.7 Å². The number of hydrogen-bond donors (Lipinski definition) is 1. The standard InChI is InChI=1S/C16H18N2O5/c1-23-16(22)11-4-6-12(7-5-11)17-13(19)3-2-10-18-14(20)8-9-15(18)21/h4-7H,2-3,8-10H2,1H3,(H,17,19). The summed E-state index contributed by atoms with van der Waals surface area (Å²) < 4.78 is 4.59. The lowest BCUT2D eigenvalue weighted by Gasteiger charge is -2.13. The van der Waals surface area contributed by atoms with Gasteiger partial charge in [0.05, 0.1) is 12.7 Å². The van der Waals surface area contributed by atoms with E-state index < -0.39 is 5.97 Å². The normalized spacial score (nSPS) is 14.0. The monoisotopic (exact) mass is 318 g/mol. The second-order valence-corrected chi connectivity index (χ2v) is 5.16. The molecule has 3 amide bonds. The second kappa shape index (κ2) is 7.53. The Bertz CT molecular complexity index is 608. The number of amides is 3. The number of imide groups is 1. The lowest BCUT2D eigenvalue weighted by Crippen LogP contribution is -2.30. The van der Waals surface area contributed by atoms with Gasteiger partial charge in [-0.15, -0.1) is 0 Å². The quantitative estimate of drug-likeness (QED) is 0.631. The van der Waals surface area contributed by atoms with Gasteiger partial charge in [0.15, 0.2) is 0 Å². The molecule has 0 saturated carbocycles. The Hall–Kier alpha value is -2.70. The minimum atomic E-state index is -0.442. The number of likely N-dealkylation sites (tertiary alicyclic amines) is 1. The fourth-order valence-corrected chi connectivity index (χ4v) is 2.30. The fourth-order valence-electron chi connectivity index (χ4n) is 2.30. The molecule has 1 aromatic carbocycles. The second-order valence-electron chi connectivity index (χ2n) is 5.16. The van der Waals surface area contributed by atoms with E-state index in [9.17, 15) is 19.2 Å². The number of hydrogen-bond acceptors (Lipinski definition) is 5. The molecule has 0 aliphatic carbocycles. The molecule has 7 heteroatoms. The molecule has 1 fully saturated rings. The molecule has 0 radical (unpaired) electrons. The summed E-state index contributed by atoms with van der Waals surface area (Å²) in [5.74, 6) is -1.000. The Balaban J connectivity index is 1.77. The SMILES string of the molecule is COC(=O)c1ccc(NC(=O)CCCN2C(=O)CCC2=O)cc1. The van der Waals surface area contributed by atoms with Crippen LogP contribution >= 0.6 is 0 Å². The number of nitrogens with one attached hydrogen (secondary N) is 1. The molecule has 0 atom stereocenters. The van der Waals surface area contributed by atoms with Crippen LogP contribution < -0.4 is 5.32 Å². The van der Waals surface area contributed by atoms with Gasteiger partial charge in [0.1, 0.15) is 0 Å². The molecule has 1 heterocycles. The van der Waals surface area contributed by atoms with Crippen molar-refractivity contribution >= 4 is 29.4 Å². The Kier molecular flexibility index (Phi) is 5.46.